The first-order chi connectivity index (χ1) is 18.5. The van der Waals surface area contributed by atoms with E-state index in [2.05, 4.69) is 15.0 Å². The molecule has 206 valence electrons. The molecule has 0 saturated carbocycles. The summed E-state index contributed by atoms with van der Waals surface area (Å²) < 4.78 is 53.5. The second kappa shape index (κ2) is 9.72. The van der Waals surface area contributed by atoms with Gasteiger partial charge in [0.05, 0.1) is 26.0 Å². The van der Waals surface area contributed by atoms with E-state index in [0.717, 1.165) is 4.31 Å². The molecule has 2 aliphatic heterocycles. The van der Waals surface area contributed by atoms with Crippen LogP contribution in [0.2, 0.25) is 0 Å². The largest absolute Gasteiger partial charge is 0.495 e. The Morgan fingerprint density at radius 1 is 1.26 bits per heavy atom. The predicted molar refractivity (Wildman–Crippen MR) is 140 cm³/mol. The zero-order valence-corrected chi connectivity index (χ0v) is 22.6. The normalized spacial score (nSPS) is 24.6. The number of pyridine rings is 1. The lowest BCUT2D eigenvalue weighted by Gasteiger charge is -2.48. The van der Waals surface area contributed by atoms with Crippen LogP contribution in [-0.2, 0) is 28.5 Å². The van der Waals surface area contributed by atoms with Gasteiger partial charge >= 0.3 is 0 Å². The first kappa shape index (κ1) is 26.8. The van der Waals surface area contributed by atoms with E-state index in [1.165, 1.54) is 44.9 Å². The maximum atomic E-state index is 15.6. The van der Waals surface area contributed by atoms with Gasteiger partial charge in [-0.1, -0.05) is 6.07 Å². The van der Waals surface area contributed by atoms with Gasteiger partial charge in [0.25, 0.3) is 0 Å². The SMILES string of the molecule is COc1ccc(C(=O)Cc2ccc(F)c([C@@]3(C)N=C(N)N(C)S(=O)(=O)[C@@]34CCN(Cc3cnco3)C4)c2)nc1. The Morgan fingerprint density at radius 2 is 2.05 bits per heavy atom. The first-order valence-corrected chi connectivity index (χ1v) is 13.7. The number of likely N-dealkylation sites (tertiary alicyclic amines) is 1. The Kier molecular flexibility index (Phi) is 6.67. The third kappa shape index (κ3) is 4.35. The summed E-state index contributed by atoms with van der Waals surface area (Å²) in [5.74, 6) is -0.0622. The zero-order chi connectivity index (χ0) is 28.0. The van der Waals surface area contributed by atoms with Gasteiger partial charge in [-0.15, -0.1) is 0 Å². The van der Waals surface area contributed by atoms with Gasteiger partial charge in [0.1, 0.15) is 33.3 Å². The molecule has 2 N–H and O–H groups in total. The highest BCUT2D eigenvalue weighted by molar-refractivity contribution is 7.91. The molecule has 0 radical (unpaired) electrons. The molecular weight excluding hydrogens is 527 g/mol. The number of aromatic nitrogens is 2. The van der Waals surface area contributed by atoms with Crippen LogP contribution in [0.15, 0.2) is 58.5 Å². The van der Waals surface area contributed by atoms with Crippen LogP contribution in [0, 0.1) is 5.82 Å². The zero-order valence-electron chi connectivity index (χ0n) is 21.8. The number of hydrogen-bond donors (Lipinski definition) is 1. The number of carbonyl (C=O) groups is 1. The number of carbonyl (C=O) groups excluding carboxylic acids is 1. The van der Waals surface area contributed by atoms with Crippen LogP contribution in [0.3, 0.4) is 0 Å². The number of guanidine groups is 1. The van der Waals surface area contributed by atoms with E-state index in [9.17, 15) is 13.2 Å². The predicted octanol–water partition coefficient (Wildman–Crippen LogP) is 2.09. The van der Waals surface area contributed by atoms with Crippen LogP contribution >= 0.6 is 0 Å². The molecule has 5 rings (SSSR count). The maximum Gasteiger partial charge on any atom is 0.247 e. The molecule has 13 heteroatoms. The van der Waals surface area contributed by atoms with Crippen molar-refractivity contribution in [1.29, 1.82) is 0 Å². The van der Waals surface area contributed by atoms with Crippen molar-refractivity contribution in [1.82, 2.24) is 19.2 Å². The average Bonchev–Trinajstić information content (AvgIpc) is 3.60. The molecule has 1 aromatic carbocycles. The number of Topliss-reactive ketones (excluding diaryl/α,β-unsaturated/α-hetero) is 1. The van der Waals surface area contributed by atoms with Crippen molar-refractivity contribution in [2.24, 2.45) is 10.7 Å². The van der Waals surface area contributed by atoms with Crippen molar-refractivity contribution in [3.05, 3.63) is 77.5 Å². The molecule has 0 amide bonds. The van der Waals surface area contributed by atoms with Gasteiger partial charge in [-0.25, -0.2) is 32.1 Å². The molecule has 39 heavy (non-hydrogen) atoms. The van der Waals surface area contributed by atoms with Gasteiger partial charge < -0.3 is 14.9 Å². The van der Waals surface area contributed by atoms with Gasteiger partial charge in [0.2, 0.25) is 16.0 Å². The summed E-state index contributed by atoms with van der Waals surface area (Å²) >= 11 is 0. The van der Waals surface area contributed by atoms with Crippen molar-refractivity contribution in [2.45, 2.75) is 36.6 Å². The molecule has 0 aliphatic carbocycles. The second-order valence-electron chi connectivity index (χ2n) is 9.93. The number of nitrogens with zero attached hydrogens (tertiary/aromatic N) is 5. The van der Waals surface area contributed by atoms with E-state index in [4.69, 9.17) is 14.9 Å². The number of sulfonamides is 1. The number of ketones is 1. The lowest BCUT2D eigenvalue weighted by molar-refractivity contribution is 0.0988. The van der Waals surface area contributed by atoms with Gasteiger partial charge in [-0.3, -0.25) is 9.69 Å². The quantitative estimate of drug-likeness (QED) is 0.433. The van der Waals surface area contributed by atoms with Crippen LogP contribution in [0.1, 0.15) is 40.7 Å². The Bertz CT molecular complexity index is 1530. The van der Waals surface area contributed by atoms with Crippen LogP contribution in [0.4, 0.5) is 4.39 Å². The molecule has 3 aromatic rings. The van der Waals surface area contributed by atoms with E-state index in [1.54, 1.807) is 25.3 Å². The van der Waals surface area contributed by atoms with Crippen molar-refractivity contribution in [3.8, 4) is 5.75 Å². The Balaban J connectivity index is 1.54. The lowest BCUT2D eigenvalue weighted by Crippen LogP contribution is -2.66. The van der Waals surface area contributed by atoms with Crippen LogP contribution in [0.5, 0.6) is 5.75 Å². The number of nitrogens with two attached hydrogens (primary N) is 1. The fourth-order valence-electron chi connectivity index (χ4n) is 5.48. The number of halogens is 1. The van der Waals surface area contributed by atoms with Crippen molar-refractivity contribution in [3.63, 3.8) is 0 Å². The minimum Gasteiger partial charge on any atom is -0.495 e. The number of benzene rings is 1. The number of oxazole rings is 1. The summed E-state index contributed by atoms with van der Waals surface area (Å²) in [7, 11) is -1.24. The first-order valence-electron chi connectivity index (χ1n) is 12.3. The summed E-state index contributed by atoms with van der Waals surface area (Å²) in [5.41, 5.74) is 5.29. The number of hydrogen-bond acceptors (Lipinski definition) is 10. The average molecular weight is 557 g/mol. The molecule has 1 saturated heterocycles. The molecule has 0 bridgehead atoms. The highest BCUT2D eigenvalue weighted by Gasteiger charge is 2.66. The minimum absolute atomic E-state index is 0.0524. The fourth-order valence-corrected chi connectivity index (χ4v) is 7.65. The standard InChI is InChI=1S/C26H29FN6O5S/c1-25(20-10-17(4-6-21(20)27)11-23(34)22-7-5-18(37-3)13-30-22)26(39(35,36)32(2)24(28)31-25)8-9-33(15-26)14-19-12-29-16-38-19/h4-7,10,12-13,16H,8-9,11,14-15H2,1-3H3,(H2,28,31)/t25-,26-/m1/s1. The monoisotopic (exact) mass is 556 g/mol. The van der Waals surface area contributed by atoms with E-state index in [0.29, 0.717) is 30.2 Å². The highest BCUT2D eigenvalue weighted by Crippen LogP contribution is 2.51. The third-order valence-electron chi connectivity index (χ3n) is 7.75. The van der Waals surface area contributed by atoms with E-state index in [-0.39, 0.29) is 42.4 Å². The second-order valence-corrected chi connectivity index (χ2v) is 12.2. The highest BCUT2D eigenvalue weighted by atomic mass is 32.2. The molecule has 2 aromatic heterocycles. The molecule has 2 atom stereocenters. The number of aliphatic imine (C=N–C) groups is 1. The van der Waals surface area contributed by atoms with Gasteiger partial charge in [-0.2, -0.15) is 0 Å². The number of ether oxygens (including phenoxy) is 1. The summed E-state index contributed by atoms with van der Waals surface area (Å²) in [5, 5.41) is 0. The Morgan fingerprint density at radius 3 is 2.72 bits per heavy atom. The van der Waals surface area contributed by atoms with E-state index in [1.807, 2.05) is 4.90 Å². The van der Waals surface area contributed by atoms with Crippen LogP contribution < -0.4 is 10.5 Å². The summed E-state index contributed by atoms with van der Waals surface area (Å²) in [6, 6.07) is 7.42. The van der Waals surface area contributed by atoms with Crippen molar-refractivity contribution < 1.29 is 26.8 Å². The summed E-state index contributed by atoms with van der Waals surface area (Å²) in [6.07, 6.45) is 4.43. The van der Waals surface area contributed by atoms with Crippen molar-refractivity contribution >= 4 is 21.8 Å². The lowest BCUT2D eigenvalue weighted by atomic mass is 9.77. The van der Waals surface area contributed by atoms with E-state index >= 15 is 4.39 Å². The van der Waals surface area contributed by atoms with Crippen molar-refractivity contribution in [2.75, 3.05) is 27.2 Å². The molecule has 1 fully saturated rings. The molecular formula is C26H29FN6O5S. The van der Waals surface area contributed by atoms with E-state index < -0.39 is 26.1 Å². The molecule has 11 nitrogen and oxygen atoms in total. The summed E-state index contributed by atoms with van der Waals surface area (Å²) in [6.45, 7) is 2.40. The number of rotatable bonds is 7. The van der Waals surface area contributed by atoms with Crippen LogP contribution in [-0.4, -0.2) is 71.3 Å². The Labute approximate surface area is 225 Å². The maximum absolute atomic E-state index is 15.6. The molecule has 4 heterocycles. The van der Waals surface area contributed by atoms with Gasteiger partial charge in [0.15, 0.2) is 12.2 Å². The number of methoxy groups -OCH3 is 1. The third-order valence-corrected chi connectivity index (χ3v) is 10.4. The summed E-state index contributed by atoms with van der Waals surface area (Å²) in [4.78, 5) is 27.5. The minimum atomic E-state index is -4.09. The molecule has 1 spiro atoms. The van der Waals surface area contributed by atoms with Crippen LogP contribution in [0.25, 0.3) is 0 Å². The van der Waals surface area contributed by atoms with Gasteiger partial charge in [-0.05, 0) is 43.2 Å². The molecule has 0 unspecified atom stereocenters. The topological polar surface area (TPSA) is 144 Å². The fraction of sp³-hybridized carbons (Fsp3) is 0.385. The Hall–Kier alpha value is -3.84. The smallest absolute Gasteiger partial charge is 0.247 e. The van der Waals surface area contributed by atoms with Gasteiger partial charge in [0, 0.05) is 32.1 Å². The molecule has 2 aliphatic rings.